The molecule has 0 atom stereocenters. The van der Waals surface area contributed by atoms with Crippen molar-refractivity contribution >= 4 is 29.0 Å². The Morgan fingerprint density at radius 3 is 2.54 bits per heavy atom. The summed E-state index contributed by atoms with van der Waals surface area (Å²) in [6.07, 6.45) is 2.95. The second-order valence-corrected chi connectivity index (χ2v) is 7.64. The zero-order chi connectivity index (χ0) is 25.0. The number of anilines is 2. The Kier molecular flexibility index (Phi) is 7.12. The van der Waals surface area contributed by atoms with Gasteiger partial charge in [-0.3, -0.25) is 4.79 Å². The minimum absolute atomic E-state index is 0.123. The number of ether oxygens (including phenoxy) is 4. The largest absolute Gasteiger partial charge is 0.487 e. The molecule has 1 amide bonds. The van der Waals surface area contributed by atoms with Crippen molar-refractivity contribution in [3.63, 3.8) is 0 Å². The lowest BCUT2D eigenvalue weighted by Crippen LogP contribution is -2.22. The maximum Gasteiger partial charge on any atom is 0.487 e. The molecule has 1 saturated heterocycles. The highest BCUT2D eigenvalue weighted by Crippen LogP contribution is 2.36. The molecule has 0 aliphatic carbocycles. The molecule has 1 fully saturated rings. The molecule has 184 valence electrons. The van der Waals surface area contributed by atoms with E-state index in [0.29, 0.717) is 42.5 Å². The van der Waals surface area contributed by atoms with E-state index in [2.05, 4.69) is 25.0 Å². The molecule has 13 heteroatoms. The molecule has 2 aromatic heterocycles. The first-order chi connectivity index (χ1) is 16.8. The standard InChI is InChI=1S/C22H20ClF2N5O5/c1-32-20-17(11-27-21(29-20)33-2)16-9-13(10-26-18(16)30-7-8-34-12-30)19(31)28-14-3-5-15(6-4-14)35-22(23,24)25/h3-6,9-11H,7-8,12H2,1-2H3,(H,28,31). The van der Waals surface area contributed by atoms with Crippen molar-refractivity contribution in [2.75, 3.05) is 44.3 Å². The highest BCUT2D eigenvalue weighted by atomic mass is 35.5. The van der Waals surface area contributed by atoms with Gasteiger partial charge in [-0.1, -0.05) is 0 Å². The van der Waals surface area contributed by atoms with E-state index in [0.717, 1.165) is 0 Å². The monoisotopic (exact) mass is 507 g/mol. The maximum atomic E-state index is 13.0. The van der Waals surface area contributed by atoms with Gasteiger partial charge in [0.2, 0.25) is 5.88 Å². The van der Waals surface area contributed by atoms with E-state index >= 15 is 0 Å². The number of pyridine rings is 1. The number of nitrogens with one attached hydrogen (secondary N) is 1. The SMILES string of the molecule is COc1ncc(-c2cc(C(=O)Nc3ccc(OC(F)(F)Cl)cc3)cnc2N2CCOC2)c(OC)n1. The smallest absolute Gasteiger partial charge is 0.480 e. The van der Waals surface area contributed by atoms with Crippen LogP contribution < -0.4 is 24.4 Å². The number of nitrogens with zero attached hydrogens (tertiary/aromatic N) is 4. The minimum atomic E-state index is -3.83. The topological polar surface area (TPSA) is 108 Å². The molecule has 1 aliphatic heterocycles. The van der Waals surface area contributed by atoms with Crippen LogP contribution in [0.2, 0.25) is 0 Å². The van der Waals surface area contributed by atoms with Gasteiger partial charge in [-0.15, -0.1) is 8.78 Å². The van der Waals surface area contributed by atoms with Gasteiger partial charge < -0.3 is 29.2 Å². The summed E-state index contributed by atoms with van der Waals surface area (Å²) in [6.45, 7) is 1.48. The fraction of sp³-hybridized carbons (Fsp3) is 0.273. The van der Waals surface area contributed by atoms with Gasteiger partial charge in [0.25, 0.3) is 5.91 Å². The number of benzene rings is 1. The summed E-state index contributed by atoms with van der Waals surface area (Å²) < 4.78 is 45.8. The number of aromatic nitrogens is 3. The van der Waals surface area contributed by atoms with Crippen molar-refractivity contribution in [2.24, 2.45) is 0 Å². The van der Waals surface area contributed by atoms with Crippen LogP contribution in [0.4, 0.5) is 20.3 Å². The third-order valence-corrected chi connectivity index (χ3v) is 5.00. The minimum Gasteiger partial charge on any atom is -0.480 e. The predicted octanol–water partition coefficient (Wildman–Crippen LogP) is 3.77. The van der Waals surface area contributed by atoms with E-state index in [4.69, 9.17) is 25.8 Å². The molecule has 0 unspecified atom stereocenters. The third-order valence-electron chi connectivity index (χ3n) is 4.92. The van der Waals surface area contributed by atoms with Crippen molar-refractivity contribution < 1.29 is 32.5 Å². The van der Waals surface area contributed by atoms with Crippen LogP contribution in [0.15, 0.2) is 42.7 Å². The summed E-state index contributed by atoms with van der Waals surface area (Å²) in [5.41, 5.74) is -2.20. The number of rotatable bonds is 8. The van der Waals surface area contributed by atoms with Crippen LogP contribution >= 0.6 is 11.6 Å². The highest BCUT2D eigenvalue weighted by molar-refractivity contribution is 6.20. The second kappa shape index (κ2) is 10.2. The van der Waals surface area contributed by atoms with Crippen molar-refractivity contribution in [3.05, 3.63) is 48.3 Å². The Balaban J connectivity index is 1.64. The Labute approximate surface area is 203 Å². The summed E-state index contributed by atoms with van der Waals surface area (Å²) in [6, 6.07) is 7.07. The lowest BCUT2D eigenvalue weighted by atomic mass is 10.1. The van der Waals surface area contributed by atoms with E-state index in [9.17, 15) is 13.6 Å². The quantitative estimate of drug-likeness (QED) is 0.456. The number of halogens is 3. The van der Waals surface area contributed by atoms with E-state index in [1.807, 2.05) is 4.90 Å². The maximum absolute atomic E-state index is 13.0. The summed E-state index contributed by atoms with van der Waals surface area (Å²) in [7, 11) is 2.90. The number of methoxy groups -OCH3 is 2. The van der Waals surface area contributed by atoms with Gasteiger partial charge in [-0.2, -0.15) is 4.98 Å². The number of hydrogen-bond donors (Lipinski definition) is 1. The van der Waals surface area contributed by atoms with Crippen molar-refractivity contribution in [1.82, 2.24) is 15.0 Å². The zero-order valence-corrected chi connectivity index (χ0v) is 19.4. The highest BCUT2D eigenvalue weighted by Gasteiger charge is 2.27. The fourth-order valence-electron chi connectivity index (χ4n) is 3.35. The number of amides is 1. The van der Waals surface area contributed by atoms with Gasteiger partial charge in [0.1, 0.15) is 18.3 Å². The van der Waals surface area contributed by atoms with E-state index < -0.39 is 11.5 Å². The molecule has 0 spiro atoms. The summed E-state index contributed by atoms with van der Waals surface area (Å²) in [5, 5.41) is 2.69. The van der Waals surface area contributed by atoms with Crippen molar-refractivity contribution in [3.8, 4) is 28.8 Å². The molecule has 3 aromatic rings. The summed E-state index contributed by atoms with van der Waals surface area (Å²) >= 11 is 4.77. The Hall–Kier alpha value is -3.77. The number of hydrogen-bond acceptors (Lipinski definition) is 9. The lowest BCUT2D eigenvalue weighted by molar-refractivity contribution is -0.0964. The molecule has 35 heavy (non-hydrogen) atoms. The van der Waals surface area contributed by atoms with Gasteiger partial charge in [0.05, 0.1) is 32.0 Å². The second-order valence-electron chi connectivity index (χ2n) is 7.20. The van der Waals surface area contributed by atoms with Crippen LogP contribution in [0.1, 0.15) is 10.4 Å². The van der Waals surface area contributed by atoms with Gasteiger partial charge in [-0.05, 0) is 30.3 Å². The third kappa shape index (κ3) is 5.84. The van der Waals surface area contributed by atoms with Gasteiger partial charge in [0, 0.05) is 41.8 Å². The average Bonchev–Trinajstić information content (AvgIpc) is 3.38. The normalized spacial score (nSPS) is 13.5. The van der Waals surface area contributed by atoms with Crippen LogP contribution in [0.5, 0.6) is 17.6 Å². The molecule has 4 rings (SSSR count). The Bertz CT molecular complexity index is 1200. The summed E-state index contributed by atoms with van der Waals surface area (Å²) in [5.74, 6) is 0.169. The average molecular weight is 508 g/mol. The first kappa shape index (κ1) is 24.4. The van der Waals surface area contributed by atoms with Crippen LogP contribution in [0.25, 0.3) is 11.1 Å². The molecule has 1 aromatic carbocycles. The van der Waals surface area contributed by atoms with Gasteiger partial charge in [0.15, 0.2) is 0 Å². The zero-order valence-electron chi connectivity index (χ0n) is 18.6. The Morgan fingerprint density at radius 1 is 1.14 bits per heavy atom. The first-order valence-electron chi connectivity index (χ1n) is 10.2. The van der Waals surface area contributed by atoms with Crippen molar-refractivity contribution in [1.29, 1.82) is 0 Å². The fourth-order valence-corrected chi connectivity index (χ4v) is 3.43. The lowest BCUT2D eigenvalue weighted by Gasteiger charge is -2.20. The van der Waals surface area contributed by atoms with Crippen LogP contribution in [-0.4, -0.2) is 60.5 Å². The molecule has 1 N–H and O–H groups in total. The van der Waals surface area contributed by atoms with E-state index in [-0.39, 0.29) is 23.2 Å². The molecule has 1 aliphatic rings. The number of alkyl halides is 3. The van der Waals surface area contributed by atoms with Crippen LogP contribution in [0, 0.1) is 0 Å². The summed E-state index contributed by atoms with van der Waals surface area (Å²) in [4.78, 5) is 27.7. The van der Waals surface area contributed by atoms with Crippen molar-refractivity contribution in [2.45, 2.75) is 5.57 Å². The molecular formula is C22H20ClF2N5O5. The van der Waals surface area contributed by atoms with Crippen LogP contribution in [0.3, 0.4) is 0 Å². The molecule has 3 heterocycles. The molecule has 0 bridgehead atoms. The molecule has 0 saturated carbocycles. The van der Waals surface area contributed by atoms with Crippen LogP contribution in [-0.2, 0) is 4.74 Å². The van der Waals surface area contributed by atoms with E-state index in [1.165, 1.54) is 50.9 Å². The molecular weight excluding hydrogens is 488 g/mol. The van der Waals surface area contributed by atoms with Gasteiger partial charge >= 0.3 is 11.6 Å². The first-order valence-corrected chi connectivity index (χ1v) is 10.6. The van der Waals surface area contributed by atoms with E-state index in [1.54, 1.807) is 6.07 Å². The number of carbonyl (C=O) groups is 1. The number of carbonyl (C=O) groups excluding carboxylic acids is 1. The van der Waals surface area contributed by atoms with Gasteiger partial charge in [-0.25, -0.2) is 9.97 Å². The molecule has 0 radical (unpaired) electrons. The predicted molar refractivity (Wildman–Crippen MR) is 122 cm³/mol. The Morgan fingerprint density at radius 2 is 1.91 bits per heavy atom. The molecule has 10 nitrogen and oxygen atoms in total.